The first-order chi connectivity index (χ1) is 6.83. The van der Waals surface area contributed by atoms with Crippen molar-refractivity contribution in [1.82, 2.24) is 5.48 Å². The van der Waals surface area contributed by atoms with Crippen LogP contribution in [0.5, 0.6) is 0 Å². The molecule has 1 rings (SSSR count). The maximum Gasteiger partial charge on any atom is 0.243 e. The molecule has 0 aliphatic carbocycles. The fourth-order valence-corrected chi connectivity index (χ4v) is 1.02. The van der Waals surface area contributed by atoms with Crippen LogP contribution in [0, 0.1) is 0 Å². The number of amides is 1. The van der Waals surface area contributed by atoms with E-state index in [2.05, 4.69) is 5.48 Å². The van der Waals surface area contributed by atoms with E-state index in [0.29, 0.717) is 13.0 Å². The summed E-state index contributed by atoms with van der Waals surface area (Å²) in [6.07, 6.45) is 1.26. The molecule has 0 fully saturated rings. The van der Waals surface area contributed by atoms with Gasteiger partial charge in [-0.15, -0.1) is 0 Å². The van der Waals surface area contributed by atoms with Gasteiger partial charge in [-0.25, -0.2) is 5.48 Å². The van der Waals surface area contributed by atoms with Gasteiger partial charge in [0.15, 0.2) is 0 Å². The highest BCUT2D eigenvalue weighted by Crippen LogP contribution is 1.98. The van der Waals surface area contributed by atoms with E-state index >= 15 is 0 Å². The van der Waals surface area contributed by atoms with Crippen LogP contribution in [0.3, 0.4) is 0 Å². The molecule has 76 valence electrons. The first kappa shape index (κ1) is 10.7. The topological polar surface area (TPSA) is 38.3 Å². The third-order valence-electron chi connectivity index (χ3n) is 1.84. The van der Waals surface area contributed by atoms with Crippen molar-refractivity contribution in [1.29, 1.82) is 0 Å². The monoisotopic (exact) mass is 193 g/mol. The van der Waals surface area contributed by atoms with E-state index in [4.69, 9.17) is 4.84 Å². The van der Waals surface area contributed by atoms with Crippen molar-refractivity contribution in [2.45, 2.75) is 19.8 Å². The van der Waals surface area contributed by atoms with E-state index in [1.165, 1.54) is 5.56 Å². The molecule has 0 aromatic heterocycles. The van der Waals surface area contributed by atoms with E-state index in [-0.39, 0.29) is 5.91 Å². The number of rotatable bonds is 5. The van der Waals surface area contributed by atoms with Crippen LogP contribution in [0.15, 0.2) is 30.3 Å². The van der Waals surface area contributed by atoms with Crippen LogP contribution in [0.25, 0.3) is 0 Å². The van der Waals surface area contributed by atoms with Crippen molar-refractivity contribution >= 4 is 5.91 Å². The molecule has 0 spiro atoms. The summed E-state index contributed by atoms with van der Waals surface area (Å²) in [6, 6.07) is 10.0. The van der Waals surface area contributed by atoms with E-state index in [1.807, 2.05) is 30.3 Å². The lowest BCUT2D eigenvalue weighted by Crippen LogP contribution is -2.23. The molecular weight excluding hydrogens is 178 g/mol. The minimum absolute atomic E-state index is 0.0851. The van der Waals surface area contributed by atoms with Gasteiger partial charge < -0.3 is 0 Å². The summed E-state index contributed by atoms with van der Waals surface area (Å²) in [7, 11) is 0. The Morgan fingerprint density at radius 2 is 2.07 bits per heavy atom. The van der Waals surface area contributed by atoms with Crippen LogP contribution >= 0.6 is 0 Å². The van der Waals surface area contributed by atoms with Crippen molar-refractivity contribution in [2.24, 2.45) is 0 Å². The molecule has 0 unspecified atom stereocenters. The highest BCUT2D eigenvalue weighted by molar-refractivity contribution is 5.74. The van der Waals surface area contributed by atoms with Crippen molar-refractivity contribution < 1.29 is 9.63 Å². The maximum absolute atomic E-state index is 10.8. The molecule has 3 nitrogen and oxygen atoms in total. The van der Waals surface area contributed by atoms with Gasteiger partial charge in [-0.1, -0.05) is 37.3 Å². The lowest BCUT2D eigenvalue weighted by atomic mass is 10.2. The number of carbonyl (C=O) groups is 1. The molecule has 0 atom stereocenters. The molecule has 1 aromatic carbocycles. The van der Waals surface area contributed by atoms with Gasteiger partial charge >= 0.3 is 0 Å². The zero-order valence-electron chi connectivity index (χ0n) is 8.32. The van der Waals surface area contributed by atoms with E-state index in [0.717, 1.165) is 6.42 Å². The Balaban J connectivity index is 2.13. The first-order valence-corrected chi connectivity index (χ1v) is 4.77. The Kier molecular flexibility index (Phi) is 4.72. The predicted octanol–water partition coefficient (Wildman–Crippen LogP) is 1.69. The van der Waals surface area contributed by atoms with Crippen LogP contribution in [0.4, 0.5) is 0 Å². The molecule has 1 N–H and O–H groups in total. The largest absolute Gasteiger partial charge is 0.273 e. The zero-order valence-corrected chi connectivity index (χ0v) is 8.32. The Morgan fingerprint density at radius 3 is 2.71 bits per heavy atom. The Bertz CT molecular complexity index is 272. The van der Waals surface area contributed by atoms with Gasteiger partial charge in [0, 0.05) is 6.42 Å². The van der Waals surface area contributed by atoms with E-state index in [9.17, 15) is 4.79 Å². The Morgan fingerprint density at radius 1 is 1.36 bits per heavy atom. The third kappa shape index (κ3) is 4.05. The number of hydrogen-bond acceptors (Lipinski definition) is 2. The van der Waals surface area contributed by atoms with Crippen LogP contribution in [0.2, 0.25) is 0 Å². The summed E-state index contributed by atoms with van der Waals surface area (Å²) in [4.78, 5) is 15.8. The number of hydrogen-bond donors (Lipinski definition) is 1. The van der Waals surface area contributed by atoms with Crippen molar-refractivity contribution in [2.75, 3.05) is 6.61 Å². The second-order valence-electron chi connectivity index (χ2n) is 2.96. The summed E-state index contributed by atoms with van der Waals surface area (Å²) in [5.74, 6) is -0.0851. The van der Waals surface area contributed by atoms with Gasteiger partial charge in [-0.05, 0) is 12.0 Å². The SMILES string of the molecule is CCC(=O)NOCCc1ccccc1. The molecule has 0 aliphatic rings. The second kappa shape index (κ2) is 6.16. The number of hydroxylamine groups is 1. The fraction of sp³-hybridized carbons (Fsp3) is 0.364. The number of benzene rings is 1. The normalized spacial score (nSPS) is 9.79. The molecule has 1 aromatic rings. The summed E-state index contributed by atoms with van der Waals surface area (Å²) in [5.41, 5.74) is 3.57. The van der Waals surface area contributed by atoms with E-state index in [1.54, 1.807) is 6.92 Å². The summed E-state index contributed by atoms with van der Waals surface area (Å²) < 4.78 is 0. The average Bonchev–Trinajstić information content (AvgIpc) is 2.25. The van der Waals surface area contributed by atoms with Crippen molar-refractivity contribution in [3.63, 3.8) is 0 Å². The van der Waals surface area contributed by atoms with Gasteiger partial charge in [0.1, 0.15) is 0 Å². The predicted molar refractivity (Wildman–Crippen MR) is 54.5 cm³/mol. The maximum atomic E-state index is 10.8. The molecule has 0 aliphatic heterocycles. The van der Waals surface area contributed by atoms with Crippen molar-refractivity contribution in [3.05, 3.63) is 35.9 Å². The quantitative estimate of drug-likeness (QED) is 0.571. The lowest BCUT2D eigenvalue weighted by molar-refractivity contribution is -0.133. The molecule has 0 saturated heterocycles. The standard InChI is InChI=1S/C11H15NO2/c1-2-11(13)12-14-9-8-10-6-4-3-5-7-10/h3-7H,2,8-9H2,1H3,(H,12,13). The van der Waals surface area contributed by atoms with Crippen LogP contribution in [-0.2, 0) is 16.1 Å². The van der Waals surface area contributed by atoms with Gasteiger partial charge in [-0.3, -0.25) is 9.63 Å². The smallest absolute Gasteiger partial charge is 0.243 e. The molecule has 1 amide bonds. The zero-order chi connectivity index (χ0) is 10.2. The minimum atomic E-state index is -0.0851. The number of nitrogens with one attached hydrogen (secondary N) is 1. The molecule has 0 radical (unpaired) electrons. The van der Waals surface area contributed by atoms with Gasteiger partial charge in [0.05, 0.1) is 6.61 Å². The minimum Gasteiger partial charge on any atom is -0.273 e. The highest BCUT2D eigenvalue weighted by Gasteiger charge is 1.95. The van der Waals surface area contributed by atoms with Gasteiger partial charge in [0.2, 0.25) is 5.91 Å². The second-order valence-corrected chi connectivity index (χ2v) is 2.96. The Hall–Kier alpha value is -1.35. The molecular formula is C11H15NO2. The van der Waals surface area contributed by atoms with Crippen LogP contribution in [-0.4, -0.2) is 12.5 Å². The molecule has 0 heterocycles. The van der Waals surface area contributed by atoms with Crippen molar-refractivity contribution in [3.8, 4) is 0 Å². The lowest BCUT2D eigenvalue weighted by Gasteiger charge is -2.04. The van der Waals surface area contributed by atoms with Crippen LogP contribution < -0.4 is 5.48 Å². The van der Waals surface area contributed by atoms with Gasteiger partial charge in [-0.2, -0.15) is 0 Å². The average molecular weight is 193 g/mol. The summed E-state index contributed by atoms with van der Waals surface area (Å²) in [5, 5.41) is 0. The van der Waals surface area contributed by atoms with E-state index < -0.39 is 0 Å². The van der Waals surface area contributed by atoms with Crippen LogP contribution in [0.1, 0.15) is 18.9 Å². The third-order valence-corrected chi connectivity index (χ3v) is 1.84. The number of carbonyl (C=O) groups excluding carboxylic acids is 1. The Labute approximate surface area is 84.0 Å². The molecule has 0 bridgehead atoms. The molecule has 3 heteroatoms. The molecule has 0 saturated carbocycles. The fourth-order valence-electron chi connectivity index (χ4n) is 1.02. The summed E-state index contributed by atoms with van der Waals surface area (Å²) in [6.45, 7) is 2.30. The summed E-state index contributed by atoms with van der Waals surface area (Å²) >= 11 is 0. The molecule has 14 heavy (non-hydrogen) atoms. The van der Waals surface area contributed by atoms with Gasteiger partial charge in [0.25, 0.3) is 0 Å². The highest BCUT2D eigenvalue weighted by atomic mass is 16.6. The first-order valence-electron chi connectivity index (χ1n) is 4.77.